The van der Waals surface area contributed by atoms with E-state index in [1.165, 1.54) is 0 Å². The molecule has 0 spiro atoms. The van der Waals surface area contributed by atoms with Crippen LogP contribution >= 0.6 is 0 Å². The number of carbonyl (C=O) groups excluding carboxylic acids is 1. The minimum absolute atomic E-state index is 0.00196. The van der Waals surface area contributed by atoms with Crippen molar-refractivity contribution in [2.24, 2.45) is 0 Å². The average Bonchev–Trinajstić information content (AvgIpc) is 2.58. The zero-order valence-electron chi connectivity index (χ0n) is 14.2. The maximum atomic E-state index is 12.5. The molecular weight excluding hydrogens is 306 g/mol. The van der Waals surface area contributed by atoms with Gasteiger partial charge in [0, 0.05) is 28.4 Å². The minimum atomic E-state index is -0.918. The number of aliphatic hydroxyl groups is 2. The van der Waals surface area contributed by atoms with Crippen molar-refractivity contribution < 1.29 is 19.7 Å². The first-order valence-electron chi connectivity index (χ1n) is 7.84. The van der Waals surface area contributed by atoms with E-state index < -0.39 is 6.10 Å². The van der Waals surface area contributed by atoms with Crippen LogP contribution < -0.4 is 4.74 Å². The molecule has 0 radical (unpaired) electrons. The summed E-state index contributed by atoms with van der Waals surface area (Å²) in [6, 6.07) is 10.3. The Morgan fingerprint density at radius 3 is 2.25 bits per heavy atom. The normalized spacial score (nSPS) is 12.7. The van der Waals surface area contributed by atoms with Crippen molar-refractivity contribution in [1.29, 1.82) is 0 Å². The number of carbonyl (C=O) groups is 1. The van der Waals surface area contributed by atoms with Crippen molar-refractivity contribution >= 4 is 5.78 Å². The molecule has 5 nitrogen and oxygen atoms in total. The lowest BCUT2D eigenvalue weighted by atomic mass is 9.91. The monoisotopic (exact) mass is 329 g/mol. The molecule has 0 bridgehead atoms. The number of pyridine rings is 1. The van der Waals surface area contributed by atoms with Crippen molar-refractivity contribution in [2.75, 3.05) is 13.2 Å². The first kappa shape index (κ1) is 18.1. The molecule has 24 heavy (non-hydrogen) atoms. The highest BCUT2D eigenvalue weighted by atomic mass is 16.5. The van der Waals surface area contributed by atoms with Crippen molar-refractivity contribution in [3.05, 3.63) is 59.4 Å². The summed E-state index contributed by atoms with van der Waals surface area (Å²) in [7, 11) is 0. The van der Waals surface area contributed by atoms with Crippen molar-refractivity contribution in [3.63, 3.8) is 0 Å². The van der Waals surface area contributed by atoms with Crippen LogP contribution in [0.25, 0.3) is 0 Å². The van der Waals surface area contributed by atoms with Gasteiger partial charge in [-0.25, -0.2) is 0 Å². The maximum absolute atomic E-state index is 12.5. The number of hydrogen-bond acceptors (Lipinski definition) is 5. The fourth-order valence-corrected chi connectivity index (χ4v) is 2.09. The zero-order valence-corrected chi connectivity index (χ0v) is 14.2. The minimum Gasteiger partial charge on any atom is -0.491 e. The lowest BCUT2D eigenvalue weighted by Gasteiger charge is -2.17. The van der Waals surface area contributed by atoms with Crippen LogP contribution in [-0.4, -0.2) is 40.3 Å². The van der Waals surface area contributed by atoms with Gasteiger partial charge >= 0.3 is 0 Å². The second-order valence-corrected chi connectivity index (χ2v) is 6.68. The number of aliphatic hydroxyl groups excluding tert-OH is 2. The lowest BCUT2D eigenvalue weighted by Crippen LogP contribution is -2.21. The van der Waals surface area contributed by atoms with Gasteiger partial charge in [0.25, 0.3) is 0 Å². The van der Waals surface area contributed by atoms with Crippen molar-refractivity contribution in [1.82, 2.24) is 4.98 Å². The van der Waals surface area contributed by atoms with E-state index in [-0.39, 0.29) is 24.4 Å². The van der Waals surface area contributed by atoms with E-state index in [9.17, 15) is 9.90 Å². The van der Waals surface area contributed by atoms with Crippen LogP contribution in [0.5, 0.6) is 5.75 Å². The number of ether oxygens (including phenoxy) is 1. The van der Waals surface area contributed by atoms with Crippen LogP contribution in [-0.2, 0) is 5.41 Å². The average molecular weight is 329 g/mol. The molecular formula is C19H23NO4. The van der Waals surface area contributed by atoms with Crippen LogP contribution in [0.1, 0.15) is 42.4 Å². The molecule has 0 aliphatic rings. The molecule has 2 rings (SSSR count). The highest BCUT2D eigenvalue weighted by Crippen LogP contribution is 2.21. The van der Waals surface area contributed by atoms with Gasteiger partial charge in [-0.3, -0.25) is 9.78 Å². The summed E-state index contributed by atoms with van der Waals surface area (Å²) in [4.78, 5) is 16.9. The summed E-state index contributed by atoms with van der Waals surface area (Å²) in [5.74, 6) is 0.421. The van der Waals surface area contributed by atoms with Crippen LogP contribution in [0.4, 0.5) is 0 Å². The van der Waals surface area contributed by atoms with Gasteiger partial charge in [0.2, 0.25) is 0 Å². The van der Waals surface area contributed by atoms with E-state index in [1.807, 2.05) is 6.07 Å². The molecule has 128 valence electrons. The predicted molar refractivity (Wildman–Crippen MR) is 91.4 cm³/mol. The number of ketones is 1. The Hall–Kier alpha value is -2.24. The molecule has 1 atom stereocenters. The third-order valence-corrected chi connectivity index (χ3v) is 3.56. The van der Waals surface area contributed by atoms with Crippen LogP contribution in [0, 0.1) is 0 Å². The van der Waals surface area contributed by atoms with Gasteiger partial charge < -0.3 is 14.9 Å². The van der Waals surface area contributed by atoms with E-state index >= 15 is 0 Å². The molecule has 1 aromatic heterocycles. The van der Waals surface area contributed by atoms with Gasteiger partial charge in [0.15, 0.2) is 5.78 Å². The smallest absolute Gasteiger partial charge is 0.194 e. The summed E-state index contributed by atoms with van der Waals surface area (Å²) < 4.78 is 5.32. The maximum Gasteiger partial charge on any atom is 0.194 e. The fraction of sp³-hybridized carbons (Fsp3) is 0.368. The van der Waals surface area contributed by atoms with E-state index in [2.05, 4.69) is 25.8 Å². The number of nitrogens with zero attached hydrogens (tertiary/aromatic N) is 1. The first-order valence-corrected chi connectivity index (χ1v) is 7.84. The quantitative estimate of drug-likeness (QED) is 0.795. The van der Waals surface area contributed by atoms with Crippen LogP contribution in [0.3, 0.4) is 0 Å². The van der Waals surface area contributed by atoms with E-state index in [0.29, 0.717) is 16.9 Å². The Labute approximate surface area is 141 Å². The topological polar surface area (TPSA) is 79.7 Å². The molecule has 1 heterocycles. The van der Waals surface area contributed by atoms with Gasteiger partial charge in [0.05, 0.1) is 6.61 Å². The lowest BCUT2D eigenvalue weighted by molar-refractivity contribution is 0.0536. The SMILES string of the molecule is CC(C)(C)c1ccc(C(=O)c2ccc(OCC(O)CO)cc2)cn1. The Morgan fingerprint density at radius 1 is 1.12 bits per heavy atom. The highest BCUT2D eigenvalue weighted by Gasteiger charge is 2.16. The summed E-state index contributed by atoms with van der Waals surface area (Å²) >= 11 is 0. The molecule has 0 fully saturated rings. The molecule has 1 aromatic carbocycles. The Morgan fingerprint density at radius 2 is 1.75 bits per heavy atom. The molecule has 0 amide bonds. The number of hydrogen-bond donors (Lipinski definition) is 2. The van der Waals surface area contributed by atoms with E-state index in [0.717, 1.165) is 5.69 Å². The van der Waals surface area contributed by atoms with Gasteiger partial charge in [0.1, 0.15) is 18.5 Å². The van der Waals surface area contributed by atoms with Gasteiger partial charge in [-0.15, -0.1) is 0 Å². The summed E-state index contributed by atoms with van der Waals surface area (Å²) in [6.45, 7) is 5.87. The highest BCUT2D eigenvalue weighted by molar-refractivity contribution is 6.08. The molecule has 1 unspecified atom stereocenters. The van der Waals surface area contributed by atoms with Crippen LogP contribution in [0.2, 0.25) is 0 Å². The summed E-state index contributed by atoms with van der Waals surface area (Å²) in [6.07, 6.45) is 0.684. The largest absolute Gasteiger partial charge is 0.491 e. The first-order chi connectivity index (χ1) is 11.3. The van der Waals surface area contributed by atoms with Crippen molar-refractivity contribution in [3.8, 4) is 5.75 Å². The van der Waals surface area contributed by atoms with Gasteiger partial charge in [-0.05, 0) is 36.4 Å². The standard InChI is InChI=1S/C19H23NO4/c1-19(2,3)17-9-6-14(10-20-17)18(23)13-4-7-16(8-5-13)24-12-15(22)11-21/h4-10,15,21-22H,11-12H2,1-3H3. The van der Waals surface area contributed by atoms with E-state index in [1.54, 1.807) is 36.5 Å². The molecule has 0 aliphatic carbocycles. The predicted octanol–water partition coefficient (Wildman–Crippen LogP) is 2.34. The second kappa shape index (κ2) is 7.55. The molecule has 0 saturated carbocycles. The molecule has 0 aliphatic heterocycles. The Balaban J connectivity index is 2.07. The zero-order chi connectivity index (χ0) is 17.7. The summed E-state index contributed by atoms with van der Waals surface area (Å²) in [5, 5.41) is 18.0. The molecule has 5 heteroatoms. The summed E-state index contributed by atoms with van der Waals surface area (Å²) in [5.41, 5.74) is 1.95. The third kappa shape index (κ3) is 4.63. The number of rotatable bonds is 6. The Bertz CT molecular complexity index is 672. The fourth-order valence-electron chi connectivity index (χ4n) is 2.09. The van der Waals surface area contributed by atoms with Gasteiger partial charge in [-0.1, -0.05) is 20.8 Å². The Kier molecular flexibility index (Phi) is 5.70. The van der Waals surface area contributed by atoms with Crippen molar-refractivity contribution in [2.45, 2.75) is 32.3 Å². The number of benzene rings is 1. The second-order valence-electron chi connectivity index (χ2n) is 6.68. The third-order valence-electron chi connectivity index (χ3n) is 3.56. The van der Waals surface area contributed by atoms with Crippen LogP contribution in [0.15, 0.2) is 42.6 Å². The van der Waals surface area contributed by atoms with E-state index in [4.69, 9.17) is 9.84 Å². The molecule has 0 saturated heterocycles. The van der Waals surface area contributed by atoms with Gasteiger partial charge in [-0.2, -0.15) is 0 Å². The number of aromatic nitrogens is 1. The molecule has 2 N–H and O–H groups in total. The molecule has 2 aromatic rings.